The number of nitro groups is 1. The van der Waals surface area contributed by atoms with E-state index in [-0.39, 0.29) is 11.6 Å². The second-order valence-electron chi connectivity index (χ2n) is 3.96. The highest BCUT2D eigenvalue weighted by Crippen LogP contribution is 2.27. The van der Waals surface area contributed by atoms with Gasteiger partial charge >= 0.3 is 11.6 Å². The molecule has 0 aliphatic heterocycles. The van der Waals surface area contributed by atoms with Crippen LogP contribution in [0.3, 0.4) is 0 Å². The molecule has 104 valence electrons. The first kappa shape index (κ1) is 13.9. The Morgan fingerprint density at radius 3 is 2.70 bits per heavy atom. The normalized spacial score (nSPS) is 10.2. The summed E-state index contributed by atoms with van der Waals surface area (Å²) in [5.41, 5.74) is 0.826. The van der Waals surface area contributed by atoms with Crippen LogP contribution in [0.15, 0.2) is 36.8 Å². The van der Waals surface area contributed by atoms with Crippen molar-refractivity contribution in [2.45, 2.75) is 6.42 Å². The minimum atomic E-state index is -0.581. The number of rotatable bonds is 6. The van der Waals surface area contributed by atoms with Gasteiger partial charge in [0.2, 0.25) is 0 Å². The Kier molecular flexibility index (Phi) is 4.56. The number of benzene rings is 1. The van der Waals surface area contributed by atoms with Crippen LogP contribution in [0, 0.1) is 10.1 Å². The van der Waals surface area contributed by atoms with Gasteiger partial charge in [-0.05, 0) is 24.1 Å². The molecule has 0 radical (unpaired) electrons. The van der Waals surface area contributed by atoms with E-state index in [1.165, 1.54) is 6.33 Å². The first-order chi connectivity index (χ1) is 9.70. The molecule has 0 fully saturated rings. The van der Waals surface area contributed by atoms with Gasteiger partial charge in [-0.2, -0.15) is 4.98 Å². The Balaban J connectivity index is 2.12. The van der Waals surface area contributed by atoms with E-state index in [0.717, 1.165) is 18.2 Å². The summed E-state index contributed by atoms with van der Waals surface area (Å²) in [5, 5.41) is 10.8. The van der Waals surface area contributed by atoms with Crippen molar-refractivity contribution < 1.29 is 14.4 Å². The monoisotopic (exact) mass is 275 g/mol. The molecule has 0 saturated carbocycles. The van der Waals surface area contributed by atoms with Gasteiger partial charge in [-0.25, -0.2) is 4.98 Å². The summed E-state index contributed by atoms with van der Waals surface area (Å²) in [4.78, 5) is 17.6. The van der Waals surface area contributed by atoms with Gasteiger partial charge in [-0.3, -0.25) is 10.1 Å². The number of aromatic nitrogens is 2. The van der Waals surface area contributed by atoms with Crippen molar-refractivity contribution in [3.63, 3.8) is 0 Å². The summed E-state index contributed by atoms with van der Waals surface area (Å²) >= 11 is 0. The largest absolute Gasteiger partial charge is 0.434 e. The van der Waals surface area contributed by atoms with Gasteiger partial charge in [-0.15, -0.1) is 0 Å². The van der Waals surface area contributed by atoms with E-state index in [4.69, 9.17) is 9.47 Å². The van der Waals surface area contributed by atoms with Gasteiger partial charge in [0, 0.05) is 7.11 Å². The second-order valence-corrected chi connectivity index (χ2v) is 3.96. The quantitative estimate of drug-likeness (QED) is 0.594. The molecule has 0 aliphatic rings. The lowest BCUT2D eigenvalue weighted by Crippen LogP contribution is -1.97. The minimum Gasteiger partial charge on any atom is -0.434 e. The third-order valence-electron chi connectivity index (χ3n) is 2.59. The number of hydrogen-bond donors (Lipinski definition) is 0. The molecule has 0 N–H and O–H groups in total. The fourth-order valence-electron chi connectivity index (χ4n) is 1.57. The average molecular weight is 275 g/mol. The van der Waals surface area contributed by atoms with Crippen molar-refractivity contribution in [1.82, 2.24) is 9.97 Å². The van der Waals surface area contributed by atoms with Gasteiger partial charge in [-0.1, -0.05) is 12.1 Å². The predicted molar refractivity (Wildman–Crippen MR) is 70.8 cm³/mol. The molecule has 20 heavy (non-hydrogen) atoms. The Bertz CT molecular complexity index is 586. The molecule has 1 aromatic carbocycles. The first-order valence-corrected chi connectivity index (χ1v) is 5.91. The van der Waals surface area contributed by atoms with Gasteiger partial charge in [0.25, 0.3) is 0 Å². The standard InChI is InChI=1S/C13H13N3O4/c1-19-7-6-10-2-4-11(5-3-10)20-13-12(16(17)18)8-14-9-15-13/h2-5,8-9H,6-7H2,1H3. The Morgan fingerprint density at radius 1 is 1.30 bits per heavy atom. The predicted octanol–water partition coefficient (Wildman–Crippen LogP) is 2.37. The maximum Gasteiger partial charge on any atom is 0.349 e. The van der Waals surface area contributed by atoms with Gasteiger partial charge in [0.05, 0.1) is 11.5 Å². The zero-order chi connectivity index (χ0) is 14.4. The van der Waals surface area contributed by atoms with E-state index < -0.39 is 4.92 Å². The highest BCUT2D eigenvalue weighted by Gasteiger charge is 2.17. The molecule has 0 atom stereocenters. The molecule has 7 heteroatoms. The van der Waals surface area contributed by atoms with Crippen molar-refractivity contribution in [2.24, 2.45) is 0 Å². The fraction of sp³-hybridized carbons (Fsp3) is 0.231. The molecular formula is C13H13N3O4. The molecule has 1 heterocycles. The Labute approximate surface area is 115 Å². The van der Waals surface area contributed by atoms with E-state index >= 15 is 0 Å². The van der Waals surface area contributed by atoms with Gasteiger partial charge in [0.15, 0.2) is 0 Å². The average Bonchev–Trinajstić information content (AvgIpc) is 2.47. The highest BCUT2D eigenvalue weighted by atomic mass is 16.6. The lowest BCUT2D eigenvalue weighted by atomic mass is 10.1. The van der Waals surface area contributed by atoms with E-state index in [9.17, 15) is 10.1 Å². The van der Waals surface area contributed by atoms with Crippen LogP contribution < -0.4 is 4.74 Å². The van der Waals surface area contributed by atoms with Crippen LogP contribution in [-0.4, -0.2) is 28.6 Å². The molecule has 0 saturated heterocycles. The lowest BCUT2D eigenvalue weighted by molar-refractivity contribution is -0.386. The number of methoxy groups -OCH3 is 1. The zero-order valence-corrected chi connectivity index (χ0v) is 10.9. The molecular weight excluding hydrogens is 262 g/mol. The molecule has 1 aromatic heterocycles. The lowest BCUT2D eigenvalue weighted by Gasteiger charge is -2.05. The summed E-state index contributed by atoms with van der Waals surface area (Å²) in [5.74, 6) is 0.405. The zero-order valence-electron chi connectivity index (χ0n) is 10.9. The maximum atomic E-state index is 10.8. The molecule has 0 bridgehead atoms. The van der Waals surface area contributed by atoms with Gasteiger partial charge < -0.3 is 9.47 Å². The topological polar surface area (TPSA) is 87.4 Å². The molecule has 0 aliphatic carbocycles. The third kappa shape index (κ3) is 3.48. The summed E-state index contributed by atoms with van der Waals surface area (Å²) in [6.45, 7) is 0.636. The van der Waals surface area contributed by atoms with Crippen molar-refractivity contribution >= 4 is 5.69 Å². The van der Waals surface area contributed by atoms with Gasteiger partial charge in [0.1, 0.15) is 18.3 Å². The molecule has 2 rings (SSSR count). The van der Waals surface area contributed by atoms with Crippen LogP contribution in [0.25, 0.3) is 0 Å². The van der Waals surface area contributed by atoms with Crippen molar-refractivity contribution in [2.75, 3.05) is 13.7 Å². The highest BCUT2D eigenvalue weighted by molar-refractivity contribution is 5.41. The second kappa shape index (κ2) is 6.58. The molecule has 0 amide bonds. The summed E-state index contributed by atoms with van der Waals surface area (Å²) in [6, 6.07) is 7.22. The number of hydrogen-bond acceptors (Lipinski definition) is 6. The van der Waals surface area contributed by atoms with Crippen LogP contribution >= 0.6 is 0 Å². The SMILES string of the molecule is COCCc1ccc(Oc2ncncc2[N+](=O)[O-])cc1. The van der Waals surface area contributed by atoms with Crippen LogP contribution in [0.5, 0.6) is 11.6 Å². The van der Waals surface area contributed by atoms with Crippen LogP contribution in [-0.2, 0) is 11.2 Å². The van der Waals surface area contributed by atoms with E-state index in [0.29, 0.717) is 12.4 Å². The first-order valence-electron chi connectivity index (χ1n) is 5.91. The Hall–Kier alpha value is -2.54. The minimum absolute atomic E-state index is 0.0744. The van der Waals surface area contributed by atoms with Crippen LogP contribution in [0.4, 0.5) is 5.69 Å². The fourth-order valence-corrected chi connectivity index (χ4v) is 1.57. The maximum absolute atomic E-state index is 10.8. The summed E-state index contributed by atoms with van der Waals surface area (Å²) in [7, 11) is 1.64. The number of ether oxygens (including phenoxy) is 2. The summed E-state index contributed by atoms with van der Waals surface area (Å²) in [6.07, 6.45) is 3.11. The molecule has 0 spiro atoms. The summed E-state index contributed by atoms with van der Waals surface area (Å²) < 4.78 is 10.4. The van der Waals surface area contributed by atoms with Crippen LogP contribution in [0.2, 0.25) is 0 Å². The Morgan fingerprint density at radius 2 is 2.05 bits per heavy atom. The smallest absolute Gasteiger partial charge is 0.349 e. The number of nitrogens with zero attached hydrogens (tertiary/aromatic N) is 3. The molecule has 2 aromatic rings. The van der Waals surface area contributed by atoms with Crippen LogP contribution in [0.1, 0.15) is 5.56 Å². The van der Waals surface area contributed by atoms with Crippen molar-refractivity contribution in [1.29, 1.82) is 0 Å². The van der Waals surface area contributed by atoms with E-state index in [1.807, 2.05) is 12.1 Å². The molecule has 0 unspecified atom stereocenters. The van der Waals surface area contributed by atoms with Crippen molar-refractivity contribution in [3.8, 4) is 11.6 Å². The molecule has 7 nitrogen and oxygen atoms in total. The van der Waals surface area contributed by atoms with E-state index in [2.05, 4.69) is 9.97 Å². The third-order valence-corrected chi connectivity index (χ3v) is 2.59. The van der Waals surface area contributed by atoms with E-state index in [1.54, 1.807) is 19.2 Å². The van der Waals surface area contributed by atoms with Crippen molar-refractivity contribution in [3.05, 3.63) is 52.5 Å².